The number of benzene rings is 11. The SMILES string of the molecule is c1ccc2c(c1)Oc1ccccc1N2c1ccc2c(c1)c1ccccc1c1cc3c4ccc(N5c6ccccc6Oc6ccccc65)cc4c4ccccc4c3cc21. The molecular formula is C54H32N2O2. The predicted molar refractivity (Wildman–Crippen MR) is 241 cm³/mol. The zero-order valence-electron chi connectivity index (χ0n) is 31.2. The van der Waals surface area contributed by atoms with Crippen LogP contribution in [0.3, 0.4) is 0 Å². The Balaban J connectivity index is 1.07. The highest BCUT2D eigenvalue weighted by Crippen LogP contribution is 2.53. The lowest BCUT2D eigenvalue weighted by atomic mass is 9.88. The van der Waals surface area contributed by atoms with Gasteiger partial charge in [-0.15, -0.1) is 0 Å². The van der Waals surface area contributed by atoms with Gasteiger partial charge in [0.1, 0.15) is 0 Å². The first-order chi connectivity index (χ1) is 28.8. The molecule has 0 saturated carbocycles. The van der Waals surface area contributed by atoms with Crippen LogP contribution in [0.25, 0.3) is 64.6 Å². The molecule has 0 aromatic heterocycles. The molecular weight excluding hydrogens is 709 g/mol. The molecule has 0 saturated heterocycles. The Kier molecular flexibility index (Phi) is 6.41. The molecule has 0 aliphatic carbocycles. The van der Waals surface area contributed by atoms with E-state index in [1.165, 1.54) is 64.6 Å². The minimum Gasteiger partial charge on any atom is -0.453 e. The van der Waals surface area contributed by atoms with E-state index in [1.54, 1.807) is 0 Å². The summed E-state index contributed by atoms with van der Waals surface area (Å²) in [5, 5.41) is 14.9. The van der Waals surface area contributed by atoms with E-state index in [2.05, 4.69) is 155 Å². The number of hydrogen-bond donors (Lipinski definition) is 0. The van der Waals surface area contributed by atoms with Crippen molar-refractivity contribution >= 4 is 98.8 Å². The molecule has 11 aromatic rings. The first-order valence-electron chi connectivity index (χ1n) is 19.8. The second-order valence-corrected chi connectivity index (χ2v) is 15.2. The van der Waals surface area contributed by atoms with Crippen LogP contribution in [0.5, 0.6) is 23.0 Å². The minimum absolute atomic E-state index is 0.849. The normalized spacial score (nSPS) is 13.0. The van der Waals surface area contributed by atoms with Crippen molar-refractivity contribution in [3.63, 3.8) is 0 Å². The summed E-state index contributed by atoms with van der Waals surface area (Å²) >= 11 is 0. The van der Waals surface area contributed by atoms with Crippen molar-refractivity contribution in [2.45, 2.75) is 0 Å². The number of hydrogen-bond acceptors (Lipinski definition) is 4. The summed E-state index contributed by atoms with van der Waals surface area (Å²) in [6.07, 6.45) is 0. The maximum absolute atomic E-state index is 6.37. The summed E-state index contributed by atoms with van der Waals surface area (Å²) < 4.78 is 12.7. The van der Waals surface area contributed by atoms with Crippen LogP contribution in [0.1, 0.15) is 0 Å². The molecule has 0 atom stereocenters. The van der Waals surface area contributed by atoms with E-state index in [-0.39, 0.29) is 0 Å². The Morgan fingerprint density at radius 3 is 0.810 bits per heavy atom. The van der Waals surface area contributed by atoms with Crippen LogP contribution in [-0.4, -0.2) is 0 Å². The van der Waals surface area contributed by atoms with Gasteiger partial charge in [0.25, 0.3) is 0 Å². The van der Waals surface area contributed by atoms with Gasteiger partial charge < -0.3 is 19.3 Å². The first-order valence-corrected chi connectivity index (χ1v) is 19.8. The van der Waals surface area contributed by atoms with E-state index >= 15 is 0 Å². The Hall–Kier alpha value is -7.82. The van der Waals surface area contributed by atoms with Gasteiger partial charge in [0.15, 0.2) is 23.0 Å². The fourth-order valence-corrected chi connectivity index (χ4v) is 9.62. The van der Waals surface area contributed by atoms with Crippen molar-refractivity contribution in [3.05, 3.63) is 194 Å². The van der Waals surface area contributed by atoms with Gasteiger partial charge in [0, 0.05) is 11.4 Å². The summed E-state index contributed by atoms with van der Waals surface area (Å²) in [6.45, 7) is 0. The molecule has 0 N–H and O–H groups in total. The lowest BCUT2D eigenvalue weighted by Gasteiger charge is -2.33. The molecule has 0 fully saturated rings. The van der Waals surface area contributed by atoms with E-state index < -0.39 is 0 Å². The molecule has 4 heteroatoms. The first kappa shape index (κ1) is 31.4. The minimum atomic E-state index is 0.849. The summed E-state index contributed by atoms with van der Waals surface area (Å²) in [7, 11) is 0. The van der Waals surface area contributed by atoms with Crippen LogP contribution < -0.4 is 19.3 Å². The van der Waals surface area contributed by atoms with Gasteiger partial charge in [0.2, 0.25) is 0 Å². The molecule has 13 rings (SSSR count). The fourth-order valence-electron chi connectivity index (χ4n) is 9.62. The van der Waals surface area contributed by atoms with Crippen molar-refractivity contribution in [1.82, 2.24) is 0 Å². The highest BCUT2D eigenvalue weighted by atomic mass is 16.5. The van der Waals surface area contributed by atoms with Gasteiger partial charge in [-0.1, -0.05) is 109 Å². The van der Waals surface area contributed by atoms with E-state index in [4.69, 9.17) is 9.47 Å². The smallest absolute Gasteiger partial charge is 0.151 e. The molecule has 11 aromatic carbocycles. The molecule has 0 radical (unpaired) electrons. The molecule has 0 bridgehead atoms. The third-order valence-electron chi connectivity index (χ3n) is 12.1. The summed E-state index contributed by atoms with van der Waals surface area (Å²) in [6, 6.07) is 69.7. The predicted octanol–water partition coefficient (Wildman–Crippen LogP) is 15.8. The number of anilines is 6. The molecule has 2 aliphatic rings. The maximum Gasteiger partial charge on any atom is 0.151 e. The van der Waals surface area contributed by atoms with Crippen molar-refractivity contribution < 1.29 is 9.47 Å². The van der Waals surface area contributed by atoms with Crippen molar-refractivity contribution in [3.8, 4) is 23.0 Å². The van der Waals surface area contributed by atoms with Gasteiger partial charge in [0.05, 0.1) is 22.7 Å². The van der Waals surface area contributed by atoms with Crippen LogP contribution in [0.2, 0.25) is 0 Å². The van der Waals surface area contributed by atoms with Crippen LogP contribution in [0.15, 0.2) is 194 Å². The fraction of sp³-hybridized carbons (Fsp3) is 0. The third-order valence-corrected chi connectivity index (χ3v) is 12.1. The average Bonchev–Trinajstić information content (AvgIpc) is 3.29. The number of para-hydroxylation sites is 8. The Bertz CT molecular complexity index is 3230. The van der Waals surface area contributed by atoms with Crippen LogP contribution in [0, 0.1) is 0 Å². The van der Waals surface area contributed by atoms with E-state index in [0.717, 1.165) is 57.1 Å². The quantitative estimate of drug-likeness (QED) is 0.130. The Morgan fingerprint density at radius 1 is 0.224 bits per heavy atom. The number of rotatable bonds is 2. The van der Waals surface area contributed by atoms with Crippen molar-refractivity contribution in [1.29, 1.82) is 0 Å². The molecule has 58 heavy (non-hydrogen) atoms. The van der Waals surface area contributed by atoms with Gasteiger partial charge in [-0.3, -0.25) is 0 Å². The van der Waals surface area contributed by atoms with Crippen LogP contribution in [-0.2, 0) is 0 Å². The second-order valence-electron chi connectivity index (χ2n) is 15.2. The summed E-state index contributed by atoms with van der Waals surface area (Å²) in [5.74, 6) is 3.40. The van der Waals surface area contributed by atoms with Gasteiger partial charge in [-0.25, -0.2) is 0 Å². The lowest BCUT2D eigenvalue weighted by Crippen LogP contribution is -2.15. The number of ether oxygens (including phenoxy) is 2. The largest absolute Gasteiger partial charge is 0.453 e. The molecule has 270 valence electrons. The molecule has 4 nitrogen and oxygen atoms in total. The molecule has 2 aliphatic heterocycles. The number of nitrogens with zero attached hydrogens (tertiary/aromatic N) is 2. The molecule has 0 spiro atoms. The maximum atomic E-state index is 6.37. The van der Waals surface area contributed by atoms with E-state index in [0.29, 0.717) is 0 Å². The van der Waals surface area contributed by atoms with Gasteiger partial charge >= 0.3 is 0 Å². The Morgan fingerprint density at radius 2 is 0.483 bits per heavy atom. The lowest BCUT2D eigenvalue weighted by molar-refractivity contribution is 0.477. The van der Waals surface area contributed by atoms with Crippen LogP contribution >= 0.6 is 0 Å². The molecule has 0 unspecified atom stereocenters. The van der Waals surface area contributed by atoms with E-state index in [1.807, 2.05) is 48.5 Å². The highest BCUT2D eigenvalue weighted by Gasteiger charge is 2.28. The molecule has 2 heterocycles. The van der Waals surface area contributed by atoms with Crippen LogP contribution in [0.4, 0.5) is 34.1 Å². The monoisotopic (exact) mass is 740 g/mol. The van der Waals surface area contributed by atoms with Crippen molar-refractivity contribution in [2.75, 3.05) is 9.80 Å². The zero-order chi connectivity index (χ0) is 37.9. The summed E-state index contributed by atoms with van der Waals surface area (Å²) in [5.41, 5.74) is 6.30. The van der Waals surface area contributed by atoms with Gasteiger partial charge in [-0.05, 0) is 150 Å². The third kappa shape index (κ3) is 4.40. The Labute approximate surface area is 333 Å². The summed E-state index contributed by atoms with van der Waals surface area (Å²) in [4.78, 5) is 4.66. The molecule has 0 amide bonds. The second kappa shape index (κ2) is 11.8. The number of fused-ring (bicyclic) bond motifs is 16. The zero-order valence-corrected chi connectivity index (χ0v) is 31.2. The van der Waals surface area contributed by atoms with Crippen molar-refractivity contribution in [2.24, 2.45) is 0 Å². The van der Waals surface area contributed by atoms with E-state index in [9.17, 15) is 0 Å². The van der Waals surface area contributed by atoms with Gasteiger partial charge in [-0.2, -0.15) is 0 Å². The topological polar surface area (TPSA) is 24.9 Å². The highest BCUT2D eigenvalue weighted by molar-refractivity contribution is 6.33. The average molecular weight is 741 g/mol. The standard InChI is InChI=1S/C54H32N2O2/c1-3-15-37-35(13-1)41-29-33(55-47-17-5-9-21-51(47)57-52-22-10-6-18-48(52)55)25-27-39(41)45-32-44-38-16-4-2-14-36(38)42-30-34(26-28-40(42)46(44)31-43(37)45)56-49-19-7-11-23-53(49)58-54-24-12-8-20-50(54)56/h1-32H.